The van der Waals surface area contributed by atoms with E-state index < -0.39 is 17.8 Å². The zero-order valence-electron chi connectivity index (χ0n) is 20.6. The second-order valence-electron chi connectivity index (χ2n) is 8.06. The smallest absolute Gasteiger partial charge is 0.345 e. The Hall–Kier alpha value is -4.92. The lowest BCUT2D eigenvalue weighted by Gasteiger charge is -2.09. The van der Waals surface area contributed by atoms with Crippen LogP contribution in [-0.4, -0.2) is 29.2 Å². The maximum Gasteiger partial charge on any atom is 0.345 e. The Morgan fingerprint density at radius 1 is 0.775 bits per heavy atom. The molecule has 0 saturated heterocycles. The monoisotopic (exact) mass is 574 g/mol. The van der Waals surface area contributed by atoms with Crippen LogP contribution in [0.5, 0.6) is 17.2 Å². The fraction of sp³-hybridized carbons (Fsp3) is 0. The predicted molar refractivity (Wildman–Crippen MR) is 152 cm³/mol. The number of phenols is 1. The average Bonchev–Trinajstić information content (AvgIpc) is 2.93. The van der Waals surface area contributed by atoms with Crippen LogP contribution in [0.2, 0.25) is 10.0 Å². The molecule has 0 aliphatic rings. The van der Waals surface area contributed by atoms with Crippen LogP contribution in [0, 0.1) is 0 Å². The Kier molecular flexibility index (Phi) is 9.30. The number of carbonyl (C=O) groups is 3. The number of hydrogen-bond donors (Lipinski definition) is 2. The molecule has 40 heavy (non-hydrogen) atoms. The summed E-state index contributed by atoms with van der Waals surface area (Å²) in [7, 11) is 0. The highest BCUT2D eigenvalue weighted by Gasteiger charge is 2.15. The summed E-state index contributed by atoms with van der Waals surface area (Å²) in [6.45, 7) is 0. The van der Waals surface area contributed by atoms with Gasteiger partial charge in [0.15, 0.2) is 0 Å². The summed E-state index contributed by atoms with van der Waals surface area (Å²) in [5, 5.41) is 14.2. The normalized spacial score (nSPS) is 10.9. The van der Waals surface area contributed by atoms with Gasteiger partial charge in [0, 0.05) is 22.2 Å². The standard InChI is InChI=1S/C30H20Cl2N2O6/c31-21-14-15-22(24(32)17-21)30(38)40-26-11-5-1-7-19(26)13-16-28(36)39-27-12-6-2-8-20(27)18-33-34-29(37)23-9-3-4-10-25(23)35/h1-18,35H,(H,34,37)/b16-13+,33-18+. The van der Waals surface area contributed by atoms with Crippen molar-refractivity contribution in [3.63, 3.8) is 0 Å². The molecule has 0 radical (unpaired) electrons. The van der Waals surface area contributed by atoms with Gasteiger partial charge in [-0.2, -0.15) is 5.10 Å². The first kappa shape index (κ1) is 28.1. The number of nitrogens with zero attached hydrogens (tertiary/aromatic N) is 1. The SMILES string of the molecule is O=C(/C=C/c1ccccc1OC(=O)c1ccc(Cl)cc1Cl)Oc1ccccc1/C=N/NC(=O)c1ccccc1O. The van der Waals surface area contributed by atoms with Gasteiger partial charge in [-0.05, 0) is 54.6 Å². The zero-order valence-corrected chi connectivity index (χ0v) is 22.1. The van der Waals surface area contributed by atoms with Crippen LogP contribution >= 0.6 is 23.2 Å². The maximum absolute atomic E-state index is 12.6. The van der Waals surface area contributed by atoms with Crippen LogP contribution < -0.4 is 14.9 Å². The molecule has 4 aromatic carbocycles. The van der Waals surface area contributed by atoms with E-state index in [1.165, 1.54) is 48.7 Å². The quantitative estimate of drug-likeness (QED) is 0.0838. The molecule has 4 rings (SSSR count). The molecule has 0 aliphatic carbocycles. The number of carbonyl (C=O) groups excluding carboxylic acids is 3. The third kappa shape index (κ3) is 7.35. The fourth-order valence-electron chi connectivity index (χ4n) is 3.39. The number of hydrazone groups is 1. The summed E-state index contributed by atoms with van der Waals surface area (Å²) in [4.78, 5) is 37.4. The molecule has 200 valence electrons. The van der Waals surface area contributed by atoms with Crippen LogP contribution in [0.4, 0.5) is 0 Å². The number of esters is 2. The van der Waals surface area contributed by atoms with E-state index in [1.54, 1.807) is 60.7 Å². The van der Waals surface area contributed by atoms with Crippen molar-refractivity contribution in [1.82, 2.24) is 5.43 Å². The van der Waals surface area contributed by atoms with E-state index in [0.717, 1.165) is 0 Å². The van der Waals surface area contributed by atoms with Gasteiger partial charge in [0.1, 0.15) is 17.2 Å². The molecule has 2 N–H and O–H groups in total. The first-order valence-corrected chi connectivity index (χ1v) is 12.4. The van der Waals surface area contributed by atoms with E-state index >= 15 is 0 Å². The number of amides is 1. The Morgan fingerprint density at radius 3 is 2.15 bits per heavy atom. The number of para-hydroxylation sites is 3. The zero-order chi connectivity index (χ0) is 28.5. The number of halogens is 2. The molecule has 0 spiro atoms. The van der Waals surface area contributed by atoms with Crippen LogP contribution in [0.3, 0.4) is 0 Å². The summed E-state index contributed by atoms with van der Waals surface area (Å²) >= 11 is 12.0. The molecular formula is C30H20Cl2N2O6. The molecule has 0 aromatic heterocycles. The van der Waals surface area contributed by atoms with E-state index in [0.29, 0.717) is 16.1 Å². The van der Waals surface area contributed by atoms with Crippen molar-refractivity contribution in [2.45, 2.75) is 0 Å². The minimum Gasteiger partial charge on any atom is -0.507 e. The number of aromatic hydroxyl groups is 1. The third-order valence-corrected chi connectivity index (χ3v) is 5.87. The van der Waals surface area contributed by atoms with E-state index in [4.69, 9.17) is 32.7 Å². The summed E-state index contributed by atoms with van der Waals surface area (Å²) < 4.78 is 10.9. The summed E-state index contributed by atoms with van der Waals surface area (Å²) in [6, 6.07) is 23.7. The van der Waals surface area contributed by atoms with Crippen LogP contribution in [0.25, 0.3) is 6.08 Å². The number of benzene rings is 4. The second kappa shape index (κ2) is 13.2. The molecule has 0 heterocycles. The minimum atomic E-state index is -0.707. The van der Waals surface area contributed by atoms with E-state index in [-0.39, 0.29) is 33.4 Å². The molecular weight excluding hydrogens is 555 g/mol. The van der Waals surface area contributed by atoms with Crippen LogP contribution in [0.15, 0.2) is 102 Å². The largest absolute Gasteiger partial charge is 0.507 e. The molecule has 8 nitrogen and oxygen atoms in total. The first-order chi connectivity index (χ1) is 19.3. The molecule has 10 heteroatoms. The lowest BCUT2D eigenvalue weighted by Crippen LogP contribution is -2.17. The number of phenolic OH excluding ortho intramolecular Hbond substituents is 1. The highest BCUT2D eigenvalue weighted by atomic mass is 35.5. The van der Waals surface area contributed by atoms with E-state index in [2.05, 4.69) is 10.5 Å². The van der Waals surface area contributed by atoms with Gasteiger partial charge < -0.3 is 14.6 Å². The van der Waals surface area contributed by atoms with Crippen molar-refractivity contribution in [1.29, 1.82) is 0 Å². The summed E-state index contributed by atoms with van der Waals surface area (Å²) in [5.74, 6) is -1.79. The number of nitrogens with one attached hydrogen (secondary N) is 1. The number of rotatable bonds is 8. The first-order valence-electron chi connectivity index (χ1n) is 11.7. The van der Waals surface area contributed by atoms with Crippen molar-refractivity contribution >= 4 is 53.3 Å². The predicted octanol–water partition coefficient (Wildman–Crippen LogP) is 6.30. The Bertz CT molecular complexity index is 1630. The molecule has 1 amide bonds. The van der Waals surface area contributed by atoms with Crippen molar-refractivity contribution < 1.29 is 29.0 Å². The van der Waals surface area contributed by atoms with Gasteiger partial charge in [0.2, 0.25) is 0 Å². The molecule has 0 atom stereocenters. The Morgan fingerprint density at radius 2 is 1.43 bits per heavy atom. The number of hydrogen-bond acceptors (Lipinski definition) is 7. The molecule has 0 fully saturated rings. The van der Waals surface area contributed by atoms with E-state index in [9.17, 15) is 19.5 Å². The van der Waals surface area contributed by atoms with Gasteiger partial charge >= 0.3 is 11.9 Å². The van der Waals surface area contributed by atoms with Crippen LogP contribution in [-0.2, 0) is 4.79 Å². The average molecular weight is 575 g/mol. The van der Waals surface area contributed by atoms with Gasteiger partial charge in [0.05, 0.1) is 22.4 Å². The van der Waals surface area contributed by atoms with Crippen molar-refractivity contribution in [3.05, 3.63) is 129 Å². The second-order valence-corrected chi connectivity index (χ2v) is 8.90. The van der Waals surface area contributed by atoms with Gasteiger partial charge in [-0.25, -0.2) is 15.0 Å². The molecule has 0 bridgehead atoms. The molecule has 0 aliphatic heterocycles. The maximum atomic E-state index is 12.6. The van der Waals surface area contributed by atoms with Crippen molar-refractivity contribution in [3.8, 4) is 17.2 Å². The van der Waals surface area contributed by atoms with Crippen molar-refractivity contribution in [2.75, 3.05) is 0 Å². The third-order valence-electron chi connectivity index (χ3n) is 5.32. The van der Waals surface area contributed by atoms with Gasteiger partial charge in [-0.15, -0.1) is 0 Å². The highest BCUT2D eigenvalue weighted by Crippen LogP contribution is 2.25. The highest BCUT2D eigenvalue weighted by molar-refractivity contribution is 6.36. The lowest BCUT2D eigenvalue weighted by atomic mass is 10.2. The van der Waals surface area contributed by atoms with Gasteiger partial charge in [0.25, 0.3) is 5.91 Å². The fourth-order valence-corrected chi connectivity index (χ4v) is 3.87. The summed E-state index contributed by atoms with van der Waals surface area (Å²) in [5.41, 5.74) is 3.37. The molecule has 4 aromatic rings. The number of ether oxygens (including phenoxy) is 2. The minimum absolute atomic E-state index is 0.0618. The lowest BCUT2D eigenvalue weighted by molar-refractivity contribution is -0.128. The van der Waals surface area contributed by atoms with Crippen molar-refractivity contribution in [2.24, 2.45) is 5.10 Å². The Balaban J connectivity index is 1.42. The molecule has 0 unspecified atom stereocenters. The molecule has 0 saturated carbocycles. The topological polar surface area (TPSA) is 114 Å². The van der Waals surface area contributed by atoms with E-state index in [1.807, 2.05) is 0 Å². The van der Waals surface area contributed by atoms with Crippen LogP contribution in [0.1, 0.15) is 31.8 Å². The van der Waals surface area contributed by atoms with Gasteiger partial charge in [-0.1, -0.05) is 65.7 Å². The van der Waals surface area contributed by atoms with Gasteiger partial charge in [-0.3, -0.25) is 4.79 Å². The summed E-state index contributed by atoms with van der Waals surface area (Å²) in [6.07, 6.45) is 3.92. The Labute approximate surface area is 239 Å².